The highest BCUT2D eigenvalue weighted by molar-refractivity contribution is 6.32. The molecule has 3 aromatic carbocycles. The summed E-state index contributed by atoms with van der Waals surface area (Å²) >= 11 is 0. The molecule has 0 aromatic heterocycles. The molecule has 0 saturated carbocycles. The number of carbonyl (C=O) groups excluding carboxylic acids is 2. The smallest absolute Gasteiger partial charge is 0.196 e. The molecule has 7 heteroatoms. The second-order valence-electron chi connectivity index (χ2n) is 8.87. The summed E-state index contributed by atoms with van der Waals surface area (Å²) in [6.07, 6.45) is 0. The molecule has 0 unspecified atom stereocenters. The molecule has 1 fully saturated rings. The number of fused-ring (bicyclic) bond motifs is 1. The van der Waals surface area contributed by atoms with Crippen LogP contribution in [0, 0.1) is 11.6 Å². The predicted molar refractivity (Wildman–Crippen MR) is 128 cm³/mol. The van der Waals surface area contributed by atoms with Gasteiger partial charge in [0.05, 0.1) is 6.61 Å². The van der Waals surface area contributed by atoms with Crippen LogP contribution < -0.4 is 4.74 Å². The zero-order valence-electron chi connectivity index (χ0n) is 19.5. The van der Waals surface area contributed by atoms with Crippen LogP contribution in [0.15, 0.2) is 66.7 Å². The Morgan fingerprint density at radius 1 is 0.857 bits per heavy atom. The van der Waals surface area contributed by atoms with Crippen LogP contribution in [0.3, 0.4) is 0 Å². The van der Waals surface area contributed by atoms with E-state index < -0.39 is 17.2 Å². The fourth-order valence-corrected chi connectivity index (χ4v) is 5.23. The number of ketones is 2. The first-order chi connectivity index (χ1) is 16.9. The van der Waals surface area contributed by atoms with Gasteiger partial charge in [-0.25, -0.2) is 8.78 Å². The van der Waals surface area contributed by atoms with E-state index in [1.807, 2.05) is 22.8 Å². The van der Waals surface area contributed by atoms with Crippen molar-refractivity contribution < 1.29 is 23.1 Å². The van der Waals surface area contributed by atoms with Gasteiger partial charge in [0.1, 0.15) is 17.4 Å². The molecule has 1 aliphatic carbocycles. The van der Waals surface area contributed by atoms with Crippen molar-refractivity contribution in [3.63, 3.8) is 0 Å². The highest BCUT2D eigenvalue weighted by Gasteiger charge is 2.58. The Balaban J connectivity index is 1.48. The molecule has 1 saturated heterocycles. The van der Waals surface area contributed by atoms with E-state index in [0.717, 1.165) is 12.1 Å². The monoisotopic (exact) mass is 476 g/mol. The van der Waals surface area contributed by atoms with Gasteiger partial charge in [0.25, 0.3) is 0 Å². The molecule has 35 heavy (non-hydrogen) atoms. The molecule has 3 aromatic rings. The number of nitrogens with zero attached hydrogens (tertiary/aromatic N) is 2. The van der Waals surface area contributed by atoms with Crippen LogP contribution in [-0.2, 0) is 12.1 Å². The molecule has 5 nitrogen and oxygen atoms in total. The van der Waals surface area contributed by atoms with E-state index in [-0.39, 0.29) is 23.7 Å². The third kappa shape index (κ3) is 3.94. The maximum Gasteiger partial charge on any atom is 0.196 e. The Bertz CT molecular complexity index is 1250. The molecule has 0 atom stereocenters. The summed E-state index contributed by atoms with van der Waals surface area (Å²) in [4.78, 5) is 31.8. The molecular weight excluding hydrogens is 450 g/mol. The summed E-state index contributed by atoms with van der Waals surface area (Å²) in [5.74, 6) is -0.809. The van der Waals surface area contributed by atoms with E-state index in [1.54, 1.807) is 42.5 Å². The van der Waals surface area contributed by atoms with E-state index in [4.69, 9.17) is 4.74 Å². The average molecular weight is 477 g/mol. The van der Waals surface area contributed by atoms with Gasteiger partial charge in [-0.3, -0.25) is 19.4 Å². The number of ether oxygens (including phenoxy) is 1. The largest absolute Gasteiger partial charge is 0.494 e. The summed E-state index contributed by atoms with van der Waals surface area (Å²) in [5, 5.41) is 0. The van der Waals surface area contributed by atoms with Crippen molar-refractivity contribution in [2.45, 2.75) is 19.0 Å². The van der Waals surface area contributed by atoms with Crippen molar-refractivity contribution in [2.75, 3.05) is 32.8 Å². The number of carbonyl (C=O) groups is 2. The Labute approximate surface area is 202 Å². The Hall–Kier alpha value is -3.42. The Kier molecular flexibility index (Phi) is 6.21. The van der Waals surface area contributed by atoms with Crippen molar-refractivity contribution in [2.24, 2.45) is 0 Å². The Morgan fingerprint density at radius 3 is 2.20 bits per heavy atom. The van der Waals surface area contributed by atoms with Gasteiger partial charge in [-0.15, -0.1) is 0 Å². The number of hydrogen-bond donors (Lipinski definition) is 0. The maximum absolute atomic E-state index is 14.2. The number of piperazine rings is 1. The summed E-state index contributed by atoms with van der Waals surface area (Å²) in [7, 11) is 0. The minimum atomic E-state index is -1.48. The van der Waals surface area contributed by atoms with Crippen LogP contribution >= 0.6 is 0 Å². The van der Waals surface area contributed by atoms with Gasteiger partial charge in [-0.05, 0) is 42.8 Å². The summed E-state index contributed by atoms with van der Waals surface area (Å²) < 4.78 is 33.5. The van der Waals surface area contributed by atoms with Crippen LogP contribution in [0.25, 0.3) is 0 Å². The number of hydrogen-bond acceptors (Lipinski definition) is 5. The second kappa shape index (κ2) is 9.32. The van der Waals surface area contributed by atoms with E-state index in [0.29, 0.717) is 55.2 Å². The third-order valence-electron chi connectivity index (χ3n) is 6.88. The molecule has 0 spiro atoms. The van der Waals surface area contributed by atoms with E-state index in [9.17, 15) is 18.4 Å². The molecule has 0 bridgehead atoms. The number of rotatable bonds is 6. The first-order valence-corrected chi connectivity index (χ1v) is 11.8. The van der Waals surface area contributed by atoms with Crippen molar-refractivity contribution in [1.82, 2.24) is 9.80 Å². The van der Waals surface area contributed by atoms with Gasteiger partial charge in [0, 0.05) is 49.4 Å². The quantitative estimate of drug-likeness (QED) is 0.492. The molecule has 0 N–H and O–H groups in total. The lowest BCUT2D eigenvalue weighted by Gasteiger charge is -2.44. The predicted octanol–water partition coefficient (Wildman–Crippen LogP) is 4.46. The van der Waals surface area contributed by atoms with Crippen LogP contribution in [0.5, 0.6) is 5.75 Å². The van der Waals surface area contributed by atoms with Crippen molar-refractivity contribution in [1.29, 1.82) is 0 Å². The molecule has 5 rings (SSSR count). The normalized spacial score (nSPS) is 18.0. The Morgan fingerprint density at radius 2 is 1.54 bits per heavy atom. The molecule has 180 valence electrons. The van der Waals surface area contributed by atoms with Gasteiger partial charge in [0.2, 0.25) is 0 Å². The van der Waals surface area contributed by atoms with Gasteiger partial charge < -0.3 is 4.74 Å². The highest BCUT2D eigenvalue weighted by atomic mass is 19.1. The number of benzene rings is 3. The van der Waals surface area contributed by atoms with Crippen molar-refractivity contribution in [3.8, 4) is 5.75 Å². The summed E-state index contributed by atoms with van der Waals surface area (Å²) in [6, 6.07) is 17.6. The van der Waals surface area contributed by atoms with Crippen LogP contribution in [0.2, 0.25) is 0 Å². The van der Waals surface area contributed by atoms with Gasteiger partial charge >= 0.3 is 0 Å². The fourth-order valence-electron chi connectivity index (χ4n) is 5.23. The van der Waals surface area contributed by atoms with Gasteiger partial charge in [0.15, 0.2) is 17.1 Å². The van der Waals surface area contributed by atoms with Crippen molar-refractivity contribution in [3.05, 3.63) is 101 Å². The second-order valence-corrected chi connectivity index (χ2v) is 8.87. The zero-order valence-corrected chi connectivity index (χ0v) is 19.5. The molecule has 1 aliphatic heterocycles. The standard InChI is InChI=1S/C28H26F2N2O3/c1-2-35-22-7-5-6-20(17-22)28(26(33)23-8-3-4-9-24(23)27(28)34)32-14-12-31(13-15-32)18-19-16-21(29)10-11-25(19)30/h3-11,16-17H,2,12-15,18H2,1H3. The SMILES string of the molecule is CCOc1cccc(C2(N3CCN(Cc4cc(F)ccc4F)CC3)C(=O)c3ccccc3C2=O)c1. The highest BCUT2D eigenvalue weighted by Crippen LogP contribution is 2.43. The molecule has 1 heterocycles. The maximum atomic E-state index is 14.2. The molecular formula is C28H26F2N2O3. The first kappa shape index (κ1) is 23.3. The first-order valence-electron chi connectivity index (χ1n) is 11.8. The number of halogens is 2. The van der Waals surface area contributed by atoms with Crippen LogP contribution in [0.4, 0.5) is 8.78 Å². The molecule has 2 aliphatic rings. The zero-order chi connectivity index (χ0) is 24.6. The summed E-state index contributed by atoms with van der Waals surface area (Å²) in [5.41, 5.74) is 0.233. The molecule has 0 amide bonds. The minimum Gasteiger partial charge on any atom is -0.494 e. The van der Waals surface area contributed by atoms with Gasteiger partial charge in [-0.2, -0.15) is 0 Å². The average Bonchev–Trinajstić information content (AvgIpc) is 3.10. The summed E-state index contributed by atoms with van der Waals surface area (Å²) in [6.45, 7) is 4.44. The minimum absolute atomic E-state index is 0.239. The van der Waals surface area contributed by atoms with Gasteiger partial charge in [-0.1, -0.05) is 36.4 Å². The van der Waals surface area contributed by atoms with E-state index >= 15 is 0 Å². The van der Waals surface area contributed by atoms with E-state index in [1.165, 1.54) is 6.07 Å². The lowest BCUT2D eigenvalue weighted by Crippen LogP contribution is -2.60. The molecule has 0 radical (unpaired) electrons. The fraction of sp³-hybridized carbons (Fsp3) is 0.286. The lowest BCUT2D eigenvalue weighted by molar-refractivity contribution is 0.0277. The van der Waals surface area contributed by atoms with Crippen LogP contribution in [-0.4, -0.2) is 54.2 Å². The van der Waals surface area contributed by atoms with Crippen molar-refractivity contribution >= 4 is 11.6 Å². The number of Topliss-reactive ketones (excluding diaryl/α,β-unsaturated/α-hetero) is 2. The van der Waals surface area contributed by atoms with E-state index in [2.05, 4.69) is 0 Å². The third-order valence-corrected chi connectivity index (χ3v) is 6.88. The topological polar surface area (TPSA) is 49.9 Å². The lowest BCUT2D eigenvalue weighted by atomic mass is 9.82. The van der Waals surface area contributed by atoms with Crippen LogP contribution in [0.1, 0.15) is 38.8 Å².